The van der Waals surface area contributed by atoms with Crippen molar-refractivity contribution in [3.63, 3.8) is 0 Å². The number of hydrogen-bond donors (Lipinski definition) is 1. The Bertz CT molecular complexity index is 261. The molecule has 0 aliphatic carbocycles. The Labute approximate surface area is 116 Å². The van der Waals surface area contributed by atoms with Crippen molar-refractivity contribution in [1.82, 2.24) is 10.2 Å². The highest BCUT2D eigenvalue weighted by Gasteiger charge is 2.40. The van der Waals surface area contributed by atoms with E-state index in [9.17, 15) is 4.79 Å². The lowest BCUT2D eigenvalue weighted by atomic mass is 10.4. The van der Waals surface area contributed by atoms with Crippen LogP contribution in [0.3, 0.4) is 0 Å². The molecule has 7 heteroatoms. The maximum Gasteiger partial charge on any atom is 0.500 e. The Morgan fingerprint density at radius 2 is 1.74 bits per heavy atom. The molecule has 1 aliphatic heterocycles. The summed E-state index contributed by atoms with van der Waals surface area (Å²) in [6.45, 7) is 9.89. The third kappa shape index (κ3) is 5.10. The van der Waals surface area contributed by atoms with E-state index in [1.807, 2.05) is 25.7 Å². The number of rotatable bonds is 10. The zero-order chi connectivity index (χ0) is 14.1. The van der Waals surface area contributed by atoms with Crippen molar-refractivity contribution < 1.29 is 18.1 Å². The predicted molar refractivity (Wildman–Crippen MR) is 75.0 cm³/mol. The number of urea groups is 1. The molecule has 0 bridgehead atoms. The van der Waals surface area contributed by atoms with Crippen LogP contribution in [0.2, 0.25) is 6.04 Å². The maximum absolute atomic E-state index is 11.4. The summed E-state index contributed by atoms with van der Waals surface area (Å²) in [7, 11) is -2.55. The van der Waals surface area contributed by atoms with Crippen molar-refractivity contribution >= 4 is 14.8 Å². The van der Waals surface area contributed by atoms with E-state index in [1.54, 1.807) is 0 Å². The Morgan fingerprint density at radius 3 is 2.16 bits per heavy atom. The summed E-state index contributed by atoms with van der Waals surface area (Å²) in [5.74, 6) is 0. The molecule has 0 aromatic rings. The monoisotopic (exact) mass is 290 g/mol. The second-order valence-corrected chi connectivity index (χ2v) is 7.04. The minimum absolute atomic E-state index is 0.0245. The first-order chi connectivity index (χ1) is 9.17. The number of nitrogens with one attached hydrogen (secondary N) is 1. The lowest BCUT2D eigenvalue weighted by Crippen LogP contribution is -2.46. The number of hydrogen-bond acceptors (Lipinski definition) is 4. The fourth-order valence-corrected chi connectivity index (χ4v) is 4.81. The number of nitrogens with zero attached hydrogens (tertiary/aromatic N) is 1. The molecule has 0 aromatic carbocycles. The van der Waals surface area contributed by atoms with Crippen molar-refractivity contribution in [3.8, 4) is 0 Å². The molecule has 0 atom stereocenters. The number of carbonyl (C=O) groups excluding carboxylic acids is 1. The molecule has 0 radical (unpaired) electrons. The summed E-state index contributed by atoms with van der Waals surface area (Å²) in [6.07, 6.45) is 0.847. The fourth-order valence-electron chi connectivity index (χ4n) is 2.21. The quantitative estimate of drug-likeness (QED) is 0.619. The van der Waals surface area contributed by atoms with Gasteiger partial charge in [0.1, 0.15) is 0 Å². The van der Waals surface area contributed by atoms with Gasteiger partial charge in [0.15, 0.2) is 0 Å². The van der Waals surface area contributed by atoms with E-state index in [0.29, 0.717) is 19.8 Å². The van der Waals surface area contributed by atoms with E-state index in [-0.39, 0.29) is 6.03 Å². The van der Waals surface area contributed by atoms with Gasteiger partial charge < -0.3 is 23.5 Å². The average molecular weight is 290 g/mol. The smallest absolute Gasteiger partial charge is 0.374 e. The van der Waals surface area contributed by atoms with Gasteiger partial charge in [-0.15, -0.1) is 0 Å². The van der Waals surface area contributed by atoms with Crippen molar-refractivity contribution in [2.45, 2.75) is 33.2 Å². The van der Waals surface area contributed by atoms with Crippen LogP contribution in [0.5, 0.6) is 0 Å². The third-order valence-electron chi connectivity index (χ3n) is 2.95. The zero-order valence-corrected chi connectivity index (χ0v) is 13.2. The predicted octanol–water partition coefficient (Wildman–Crippen LogP) is 1.45. The molecule has 0 saturated carbocycles. The third-order valence-corrected chi connectivity index (χ3v) is 6.10. The first-order valence-electron chi connectivity index (χ1n) is 7.12. The van der Waals surface area contributed by atoms with Crippen molar-refractivity contribution in [3.05, 3.63) is 0 Å². The first kappa shape index (κ1) is 16.4. The van der Waals surface area contributed by atoms with Gasteiger partial charge in [0.05, 0.1) is 0 Å². The average Bonchev–Trinajstić information content (AvgIpc) is 2.76. The first-order valence-corrected chi connectivity index (χ1v) is 9.05. The molecule has 1 saturated heterocycles. The molecular formula is C12H26N2O4Si. The topological polar surface area (TPSA) is 60.0 Å². The van der Waals surface area contributed by atoms with Gasteiger partial charge in [-0.3, -0.25) is 0 Å². The van der Waals surface area contributed by atoms with Gasteiger partial charge in [0.25, 0.3) is 0 Å². The molecule has 0 aromatic heterocycles. The molecule has 1 rings (SSSR count). The molecular weight excluding hydrogens is 264 g/mol. The summed E-state index contributed by atoms with van der Waals surface area (Å²) in [6, 6.07) is 0.781. The van der Waals surface area contributed by atoms with Crippen LogP contribution in [0.1, 0.15) is 27.2 Å². The molecule has 0 unspecified atom stereocenters. The van der Waals surface area contributed by atoms with Gasteiger partial charge in [-0.2, -0.15) is 0 Å². The van der Waals surface area contributed by atoms with Crippen LogP contribution in [-0.2, 0) is 13.3 Å². The van der Waals surface area contributed by atoms with E-state index < -0.39 is 8.80 Å². The van der Waals surface area contributed by atoms with Crippen LogP contribution < -0.4 is 5.32 Å². The molecule has 0 spiro atoms. The highest BCUT2D eigenvalue weighted by molar-refractivity contribution is 6.60. The summed E-state index contributed by atoms with van der Waals surface area (Å²) < 4.78 is 17.3. The van der Waals surface area contributed by atoms with Gasteiger partial charge in [-0.05, 0) is 27.2 Å². The Morgan fingerprint density at radius 1 is 1.16 bits per heavy atom. The van der Waals surface area contributed by atoms with Gasteiger partial charge in [-0.1, -0.05) is 0 Å². The van der Waals surface area contributed by atoms with Crippen molar-refractivity contribution in [1.29, 1.82) is 0 Å². The molecule has 1 heterocycles. The lowest BCUT2D eigenvalue weighted by molar-refractivity contribution is 0.0702. The van der Waals surface area contributed by atoms with E-state index in [2.05, 4.69) is 5.32 Å². The van der Waals surface area contributed by atoms with Crippen LogP contribution >= 0.6 is 0 Å². The Kier molecular flexibility index (Phi) is 7.36. The van der Waals surface area contributed by atoms with Gasteiger partial charge in [-0.25, -0.2) is 4.79 Å². The second kappa shape index (κ2) is 8.52. The summed E-state index contributed by atoms with van der Waals surface area (Å²) in [4.78, 5) is 13.3. The van der Waals surface area contributed by atoms with Gasteiger partial charge in [0.2, 0.25) is 0 Å². The zero-order valence-electron chi connectivity index (χ0n) is 12.2. The van der Waals surface area contributed by atoms with Crippen LogP contribution in [0.15, 0.2) is 0 Å². The SMILES string of the molecule is CCO[Si](CCCN1CCNC1=O)(OCC)OCC. The fraction of sp³-hybridized carbons (Fsp3) is 0.917. The highest BCUT2D eigenvalue weighted by Crippen LogP contribution is 2.18. The molecule has 112 valence electrons. The molecule has 1 aliphatic rings. The highest BCUT2D eigenvalue weighted by atomic mass is 28.4. The summed E-state index contributed by atoms with van der Waals surface area (Å²) in [5.41, 5.74) is 0. The number of amides is 2. The van der Waals surface area contributed by atoms with E-state index >= 15 is 0 Å². The lowest BCUT2D eigenvalue weighted by Gasteiger charge is -2.29. The van der Waals surface area contributed by atoms with Crippen molar-refractivity contribution in [2.75, 3.05) is 39.5 Å². The minimum atomic E-state index is -2.55. The largest absolute Gasteiger partial charge is 0.500 e. The van der Waals surface area contributed by atoms with Crippen LogP contribution in [0, 0.1) is 0 Å². The summed E-state index contributed by atoms with van der Waals surface area (Å²) >= 11 is 0. The second-order valence-electron chi connectivity index (χ2n) is 4.30. The van der Waals surface area contributed by atoms with E-state index in [4.69, 9.17) is 13.3 Å². The van der Waals surface area contributed by atoms with Crippen molar-refractivity contribution in [2.24, 2.45) is 0 Å². The normalized spacial score (nSPS) is 15.9. The Hall–Kier alpha value is -0.633. The molecule has 1 fully saturated rings. The standard InChI is InChI=1S/C12H26N2O4Si/c1-4-16-19(17-5-2,18-6-3)11-7-9-14-10-8-13-12(14)15/h4-11H2,1-3H3,(H,13,15). The van der Waals surface area contributed by atoms with Gasteiger partial charge >= 0.3 is 14.8 Å². The Balaban J connectivity index is 2.44. The molecule has 6 nitrogen and oxygen atoms in total. The molecule has 1 N–H and O–H groups in total. The molecule has 2 amide bonds. The molecule has 19 heavy (non-hydrogen) atoms. The van der Waals surface area contributed by atoms with Crippen LogP contribution in [0.25, 0.3) is 0 Å². The van der Waals surface area contributed by atoms with Gasteiger partial charge in [0, 0.05) is 45.5 Å². The van der Waals surface area contributed by atoms with E-state index in [0.717, 1.165) is 32.1 Å². The summed E-state index contributed by atoms with van der Waals surface area (Å²) in [5, 5.41) is 2.80. The van der Waals surface area contributed by atoms with Crippen LogP contribution in [0.4, 0.5) is 4.79 Å². The maximum atomic E-state index is 11.4. The van der Waals surface area contributed by atoms with E-state index in [1.165, 1.54) is 0 Å². The van der Waals surface area contributed by atoms with Crippen LogP contribution in [-0.4, -0.2) is 59.2 Å². The number of carbonyl (C=O) groups is 1. The minimum Gasteiger partial charge on any atom is -0.374 e.